The molecule has 0 amide bonds. The third-order valence-electron chi connectivity index (χ3n) is 4.08. The summed E-state index contributed by atoms with van der Waals surface area (Å²) in [7, 11) is 0. The lowest BCUT2D eigenvalue weighted by Gasteiger charge is -2.42. The van der Waals surface area contributed by atoms with Crippen molar-refractivity contribution in [2.24, 2.45) is 0 Å². The Morgan fingerprint density at radius 1 is 1.06 bits per heavy atom. The molecule has 0 aromatic heterocycles. The molecule has 2 fully saturated rings. The average Bonchev–Trinajstić information content (AvgIpc) is 2.38. The van der Waals surface area contributed by atoms with Gasteiger partial charge in [-0.3, -0.25) is 9.80 Å². The summed E-state index contributed by atoms with van der Waals surface area (Å²) in [5, 5.41) is 0. The van der Waals surface area contributed by atoms with Gasteiger partial charge in [0.05, 0.1) is 0 Å². The van der Waals surface area contributed by atoms with E-state index in [0.29, 0.717) is 19.1 Å². The second-order valence-corrected chi connectivity index (χ2v) is 5.13. The topological polar surface area (TPSA) is 15.7 Å². The van der Waals surface area contributed by atoms with Crippen molar-refractivity contribution in [3.05, 3.63) is 0 Å². The van der Waals surface area contributed by atoms with Gasteiger partial charge in [0.25, 0.3) is 0 Å². The molecule has 2 saturated heterocycles. The zero-order valence-electron chi connectivity index (χ0n) is 10.7. The lowest BCUT2D eigenvalue weighted by atomic mass is 10.1. The number of hydrogen-bond donors (Lipinski definition) is 0. The van der Waals surface area contributed by atoms with Gasteiger partial charge >= 0.3 is 6.18 Å². The van der Waals surface area contributed by atoms with Crippen LogP contribution in [0.3, 0.4) is 0 Å². The molecule has 18 heavy (non-hydrogen) atoms. The summed E-state index contributed by atoms with van der Waals surface area (Å²) in [5.41, 5.74) is 0. The van der Waals surface area contributed by atoms with Gasteiger partial charge in [0, 0.05) is 45.4 Å². The fourth-order valence-electron chi connectivity index (χ4n) is 2.75. The number of nitrogens with zero attached hydrogens (tertiary/aromatic N) is 2. The second kappa shape index (κ2) is 5.75. The third-order valence-corrected chi connectivity index (χ3v) is 4.08. The summed E-state index contributed by atoms with van der Waals surface area (Å²) >= 11 is 0. The van der Waals surface area contributed by atoms with E-state index in [0.717, 1.165) is 39.1 Å². The Balaban J connectivity index is 1.80. The Labute approximate surface area is 106 Å². The van der Waals surface area contributed by atoms with E-state index in [9.17, 15) is 13.2 Å². The van der Waals surface area contributed by atoms with Crippen molar-refractivity contribution >= 4 is 0 Å². The van der Waals surface area contributed by atoms with Crippen LogP contribution in [0.15, 0.2) is 0 Å². The summed E-state index contributed by atoms with van der Waals surface area (Å²) in [6.07, 6.45) is -2.09. The van der Waals surface area contributed by atoms with Crippen LogP contribution in [0.4, 0.5) is 13.2 Å². The first-order chi connectivity index (χ1) is 8.48. The molecule has 106 valence electrons. The maximum absolute atomic E-state index is 12.6. The van der Waals surface area contributed by atoms with Gasteiger partial charge in [0.1, 0.15) is 6.04 Å². The van der Waals surface area contributed by atoms with Gasteiger partial charge in [-0.2, -0.15) is 13.2 Å². The molecular weight excluding hydrogens is 245 g/mol. The maximum atomic E-state index is 12.6. The Morgan fingerprint density at radius 3 is 2.11 bits per heavy atom. The Hall–Kier alpha value is -0.330. The van der Waals surface area contributed by atoms with E-state index in [1.54, 1.807) is 0 Å². The monoisotopic (exact) mass is 266 g/mol. The van der Waals surface area contributed by atoms with Crippen LogP contribution in [0.5, 0.6) is 0 Å². The largest absolute Gasteiger partial charge is 0.403 e. The van der Waals surface area contributed by atoms with Gasteiger partial charge in [-0.05, 0) is 19.8 Å². The fraction of sp³-hybridized carbons (Fsp3) is 1.00. The average molecular weight is 266 g/mol. The van der Waals surface area contributed by atoms with Crippen LogP contribution in [0.1, 0.15) is 19.8 Å². The van der Waals surface area contributed by atoms with Crippen LogP contribution in [0.25, 0.3) is 0 Å². The molecule has 0 saturated carbocycles. The smallest absolute Gasteiger partial charge is 0.381 e. The number of halogens is 3. The lowest BCUT2D eigenvalue weighted by molar-refractivity contribution is -0.183. The molecule has 1 unspecified atom stereocenters. The summed E-state index contributed by atoms with van der Waals surface area (Å²) < 4.78 is 43.1. The van der Waals surface area contributed by atoms with Gasteiger partial charge in [-0.25, -0.2) is 0 Å². The minimum Gasteiger partial charge on any atom is -0.381 e. The predicted molar refractivity (Wildman–Crippen MR) is 62.5 cm³/mol. The van der Waals surface area contributed by atoms with Crippen molar-refractivity contribution in [1.29, 1.82) is 0 Å². The Morgan fingerprint density at radius 2 is 1.61 bits per heavy atom. The number of hydrogen-bond acceptors (Lipinski definition) is 3. The van der Waals surface area contributed by atoms with Gasteiger partial charge in [0.2, 0.25) is 0 Å². The highest BCUT2D eigenvalue weighted by molar-refractivity contribution is 4.84. The standard InChI is InChI=1S/C12H21F3N2O/c1-10(12(13,14)15)16-4-6-17(7-5-16)11-2-8-18-9-3-11/h10-11H,2-9H2,1H3. The van der Waals surface area contributed by atoms with Gasteiger partial charge in [0.15, 0.2) is 0 Å². The molecule has 2 rings (SSSR count). The summed E-state index contributed by atoms with van der Waals surface area (Å²) in [5.74, 6) is 0. The molecule has 1 atom stereocenters. The molecule has 0 radical (unpaired) electrons. The maximum Gasteiger partial charge on any atom is 0.403 e. The van der Waals surface area contributed by atoms with E-state index < -0.39 is 12.2 Å². The summed E-state index contributed by atoms with van der Waals surface area (Å²) in [4.78, 5) is 3.86. The van der Waals surface area contributed by atoms with E-state index in [1.807, 2.05) is 0 Å². The van der Waals surface area contributed by atoms with Crippen molar-refractivity contribution in [2.45, 2.75) is 38.0 Å². The molecule has 6 heteroatoms. The zero-order valence-corrected chi connectivity index (χ0v) is 10.7. The Bertz CT molecular complexity index is 259. The van der Waals surface area contributed by atoms with E-state index >= 15 is 0 Å². The Kier molecular flexibility index (Phi) is 4.50. The van der Waals surface area contributed by atoms with Crippen molar-refractivity contribution in [2.75, 3.05) is 39.4 Å². The number of ether oxygens (including phenoxy) is 1. The molecule has 2 aliphatic heterocycles. The number of rotatable bonds is 2. The van der Waals surface area contributed by atoms with Crippen molar-refractivity contribution in [3.63, 3.8) is 0 Å². The first-order valence-electron chi connectivity index (χ1n) is 6.61. The molecule has 0 aromatic carbocycles. The normalized spacial score (nSPS) is 27.3. The molecule has 0 aromatic rings. The fourth-order valence-corrected chi connectivity index (χ4v) is 2.75. The molecule has 2 heterocycles. The van der Waals surface area contributed by atoms with Crippen molar-refractivity contribution in [3.8, 4) is 0 Å². The van der Waals surface area contributed by atoms with Crippen LogP contribution in [0.2, 0.25) is 0 Å². The quantitative estimate of drug-likeness (QED) is 0.757. The van der Waals surface area contributed by atoms with Crippen LogP contribution in [-0.2, 0) is 4.74 Å². The second-order valence-electron chi connectivity index (χ2n) is 5.13. The lowest BCUT2D eigenvalue weighted by Crippen LogP contribution is -2.56. The van der Waals surface area contributed by atoms with E-state index in [-0.39, 0.29) is 0 Å². The first-order valence-corrected chi connectivity index (χ1v) is 6.61. The summed E-state index contributed by atoms with van der Waals surface area (Å²) in [6, 6.07) is -0.823. The van der Waals surface area contributed by atoms with Crippen LogP contribution in [-0.4, -0.2) is 67.5 Å². The van der Waals surface area contributed by atoms with Crippen molar-refractivity contribution in [1.82, 2.24) is 9.80 Å². The van der Waals surface area contributed by atoms with Gasteiger partial charge < -0.3 is 4.74 Å². The molecule has 3 nitrogen and oxygen atoms in total. The minimum absolute atomic E-state index is 0.502. The van der Waals surface area contributed by atoms with Crippen molar-refractivity contribution < 1.29 is 17.9 Å². The molecule has 0 bridgehead atoms. The van der Waals surface area contributed by atoms with E-state index in [2.05, 4.69) is 4.90 Å². The highest BCUT2D eigenvalue weighted by Gasteiger charge is 2.41. The SMILES string of the molecule is CC(N1CCN(C2CCOCC2)CC1)C(F)(F)F. The number of alkyl halides is 3. The first kappa shape index (κ1) is 14.1. The van der Waals surface area contributed by atoms with Gasteiger partial charge in [-0.1, -0.05) is 0 Å². The number of piperazine rings is 1. The zero-order chi connectivity index (χ0) is 13.2. The van der Waals surface area contributed by atoms with Crippen LogP contribution in [0, 0.1) is 0 Å². The minimum atomic E-state index is -4.11. The van der Waals surface area contributed by atoms with Crippen LogP contribution >= 0.6 is 0 Å². The van der Waals surface area contributed by atoms with E-state index in [1.165, 1.54) is 11.8 Å². The predicted octanol–water partition coefficient (Wildman–Crippen LogP) is 1.73. The highest BCUT2D eigenvalue weighted by atomic mass is 19.4. The molecule has 2 aliphatic rings. The molecule has 0 N–H and O–H groups in total. The molecular formula is C12H21F3N2O. The summed E-state index contributed by atoms with van der Waals surface area (Å²) in [6.45, 7) is 5.32. The van der Waals surface area contributed by atoms with E-state index in [4.69, 9.17) is 4.74 Å². The van der Waals surface area contributed by atoms with Crippen LogP contribution < -0.4 is 0 Å². The highest BCUT2D eigenvalue weighted by Crippen LogP contribution is 2.26. The third kappa shape index (κ3) is 3.36. The molecule has 0 spiro atoms. The molecule has 0 aliphatic carbocycles. The van der Waals surface area contributed by atoms with Gasteiger partial charge in [-0.15, -0.1) is 0 Å².